The van der Waals surface area contributed by atoms with Gasteiger partial charge in [-0.3, -0.25) is 5.09 Å². The predicted molar refractivity (Wildman–Crippen MR) is 86.1 cm³/mol. The van der Waals surface area contributed by atoms with Crippen molar-refractivity contribution in [3.8, 4) is 0 Å². The van der Waals surface area contributed by atoms with Crippen LogP contribution in [0.3, 0.4) is 0 Å². The van der Waals surface area contributed by atoms with E-state index in [4.69, 9.17) is 0 Å². The molecule has 0 atom stereocenters. The minimum Gasteiger partial charge on any atom is -0.291 e. The highest BCUT2D eigenvalue weighted by Gasteiger charge is 2.51. The van der Waals surface area contributed by atoms with Gasteiger partial charge in [-0.1, -0.05) is 24.3 Å². The molecule has 4 saturated carbocycles. The van der Waals surface area contributed by atoms with Crippen molar-refractivity contribution >= 4 is 12.3 Å². The van der Waals surface area contributed by atoms with Gasteiger partial charge < -0.3 is 0 Å². The van der Waals surface area contributed by atoms with Gasteiger partial charge in [0.15, 0.2) is 0 Å². The molecule has 4 fully saturated rings. The van der Waals surface area contributed by atoms with Crippen LogP contribution in [0.1, 0.15) is 38.5 Å². The lowest BCUT2D eigenvalue weighted by molar-refractivity contribution is -0.00768. The monoisotopic (exact) mass is 275 g/mol. The third kappa shape index (κ3) is 2.10. The van der Waals surface area contributed by atoms with Crippen LogP contribution in [0.4, 0.5) is 0 Å². The van der Waals surface area contributed by atoms with Gasteiger partial charge in [0.1, 0.15) is 0 Å². The summed E-state index contributed by atoms with van der Waals surface area (Å²) in [6.45, 7) is 4.95. The molecule has 0 heterocycles. The topological polar surface area (TPSA) is 12.0 Å². The van der Waals surface area contributed by atoms with Crippen molar-refractivity contribution in [3.05, 3.63) is 24.3 Å². The zero-order chi connectivity index (χ0) is 13.1. The first-order chi connectivity index (χ1) is 9.05. The van der Waals surface area contributed by atoms with Crippen LogP contribution in [0, 0.1) is 17.8 Å². The van der Waals surface area contributed by atoms with Crippen LogP contribution in [-0.4, -0.2) is 24.2 Å². The fourth-order valence-electron chi connectivity index (χ4n) is 5.64. The molecule has 104 valence electrons. The Kier molecular flexibility index (Phi) is 2.71. The van der Waals surface area contributed by atoms with E-state index in [1.165, 1.54) is 38.5 Å². The molecule has 0 amide bonds. The van der Waals surface area contributed by atoms with E-state index in [0.29, 0.717) is 5.54 Å². The van der Waals surface area contributed by atoms with E-state index < -0.39 is 7.04 Å². The van der Waals surface area contributed by atoms with Gasteiger partial charge in [-0.05, 0) is 81.9 Å². The smallest absolute Gasteiger partial charge is 0.0225 e. The number of hydrogen-bond donors (Lipinski definition) is 1. The zero-order valence-corrected chi connectivity index (χ0v) is 13.1. The molecule has 0 aromatic heterocycles. The van der Waals surface area contributed by atoms with Gasteiger partial charge in [-0.25, -0.2) is 0 Å². The standard InChI is InChI=1S/C17H26NP/c1-19(2,16-5-3-4-6-16)18-17-10-13-7-14(11-17)9-15(8-13)12-17/h3-6,13-15,18H,7-12H2,1-2H3. The Bertz CT molecular complexity index is 456. The van der Waals surface area contributed by atoms with Crippen molar-refractivity contribution in [3.63, 3.8) is 0 Å². The highest BCUT2D eigenvalue weighted by Crippen LogP contribution is 2.58. The summed E-state index contributed by atoms with van der Waals surface area (Å²) in [5.41, 5.74) is 0.503. The number of allylic oxidation sites excluding steroid dienone is 4. The fraction of sp³-hybridized carbons (Fsp3) is 0.706. The fourth-order valence-corrected chi connectivity index (χ4v) is 8.15. The van der Waals surface area contributed by atoms with E-state index in [0.717, 1.165) is 17.8 Å². The average molecular weight is 275 g/mol. The van der Waals surface area contributed by atoms with Crippen LogP contribution in [0.25, 0.3) is 0 Å². The molecule has 0 aromatic rings. The molecule has 0 radical (unpaired) electrons. The van der Waals surface area contributed by atoms with Crippen LogP contribution in [-0.2, 0) is 0 Å². The second-order valence-corrected chi connectivity index (χ2v) is 11.6. The molecule has 1 nitrogen and oxygen atoms in total. The van der Waals surface area contributed by atoms with E-state index >= 15 is 0 Å². The van der Waals surface area contributed by atoms with E-state index in [9.17, 15) is 0 Å². The van der Waals surface area contributed by atoms with Crippen molar-refractivity contribution < 1.29 is 0 Å². The van der Waals surface area contributed by atoms with Crippen molar-refractivity contribution in [2.45, 2.75) is 44.1 Å². The molecule has 5 rings (SSSR count). The maximum atomic E-state index is 4.21. The molecule has 2 heteroatoms. The molecular formula is C17H26NP. The lowest BCUT2D eigenvalue weighted by Crippen LogP contribution is -2.57. The van der Waals surface area contributed by atoms with Crippen LogP contribution in [0.2, 0.25) is 0 Å². The number of hydrogen-bond acceptors (Lipinski definition) is 1. The van der Waals surface area contributed by atoms with Gasteiger partial charge >= 0.3 is 0 Å². The third-order valence-electron chi connectivity index (χ3n) is 5.85. The molecule has 0 saturated heterocycles. The highest BCUT2D eigenvalue weighted by molar-refractivity contribution is 7.73. The van der Waals surface area contributed by atoms with E-state index in [-0.39, 0.29) is 0 Å². The molecule has 0 aromatic carbocycles. The summed E-state index contributed by atoms with van der Waals surface area (Å²) in [6, 6.07) is 0. The van der Waals surface area contributed by atoms with E-state index in [2.05, 4.69) is 42.7 Å². The number of nitrogens with one attached hydrogen (secondary N) is 1. The molecule has 0 aliphatic heterocycles. The molecular weight excluding hydrogens is 249 g/mol. The summed E-state index contributed by atoms with van der Waals surface area (Å²) in [7, 11) is -1.15. The third-order valence-corrected chi connectivity index (χ3v) is 8.47. The molecule has 0 spiro atoms. The van der Waals surface area contributed by atoms with Gasteiger partial charge in [0.05, 0.1) is 0 Å². The van der Waals surface area contributed by atoms with Gasteiger partial charge in [-0.2, -0.15) is 0 Å². The Morgan fingerprint density at radius 1 is 0.947 bits per heavy atom. The van der Waals surface area contributed by atoms with E-state index in [1.54, 1.807) is 5.29 Å². The Labute approximate surface area is 117 Å². The van der Waals surface area contributed by atoms with Crippen LogP contribution >= 0.6 is 7.04 Å². The first-order valence-electron chi connectivity index (χ1n) is 7.90. The SMILES string of the molecule is CP(C)(NC12CC3CC(CC(C3)C1)C2)=C1C=CC=C1. The minimum absolute atomic E-state index is 0.503. The lowest BCUT2D eigenvalue weighted by Gasteiger charge is -2.58. The molecule has 1 N–H and O–H groups in total. The van der Waals surface area contributed by atoms with Crippen molar-refractivity contribution in [2.75, 3.05) is 13.3 Å². The van der Waals surface area contributed by atoms with Gasteiger partial charge in [0.25, 0.3) is 0 Å². The van der Waals surface area contributed by atoms with Crippen LogP contribution in [0.5, 0.6) is 0 Å². The Hall–Kier alpha value is -0.260. The molecule has 5 aliphatic carbocycles. The molecule has 19 heavy (non-hydrogen) atoms. The second kappa shape index (κ2) is 4.12. The van der Waals surface area contributed by atoms with E-state index in [1.807, 2.05) is 0 Å². The predicted octanol–water partition coefficient (Wildman–Crippen LogP) is 4.04. The van der Waals surface area contributed by atoms with Gasteiger partial charge in [0.2, 0.25) is 0 Å². The van der Waals surface area contributed by atoms with Crippen LogP contribution < -0.4 is 5.09 Å². The Morgan fingerprint density at radius 2 is 1.42 bits per heavy atom. The van der Waals surface area contributed by atoms with Gasteiger partial charge in [0, 0.05) is 5.54 Å². The summed E-state index contributed by atoms with van der Waals surface area (Å²) >= 11 is 0. The van der Waals surface area contributed by atoms with Gasteiger partial charge in [-0.15, -0.1) is 0 Å². The largest absolute Gasteiger partial charge is 0.291 e. The first kappa shape index (κ1) is 12.5. The number of rotatable bonds is 2. The Balaban J connectivity index is 1.65. The van der Waals surface area contributed by atoms with Crippen molar-refractivity contribution in [1.82, 2.24) is 5.09 Å². The summed E-state index contributed by atoms with van der Waals surface area (Å²) < 4.78 is 0. The Morgan fingerprint density at radius 3 is 1.89 bits per heavy atom. The van der Waals surface area contributed by atoms with Crippen molar-refractivity contribution in [2.24, 2.45) is 17.8 Å². The lowest BCUT2D eigenvalue weighted by atomic mass is 9.53. The normalized spacial score (nSPS) is 43.5. The van der Waals surface area contributed by atoms with Crippen LogP contribution in [0.15, 0.2) is 24.3 Å². The quantitative estimate of drug-likeness (QED) is 0.750. The molecule has 4 bridgehead atoms. The summed E-state index contributed by atoms with van der Waals surface area (Å²) in [5, 5.41) is 5.77. The molecule has 5 aliphatic rings. The molecule has 0 unspecified atom stereocenters. The first-order valence-corrected chi connectivity index (χ1v) is 10.6. The maximum absolute atomic E-state index is 4.21. The second-order valence-electron chi connectivity index (χ2n) is 7.91. The average Bonchev–Trinajstić information content (AvgIpc) is 2.78. The van der Waals surface area contributed by atoms with Crippen molar-refractivity contribution in [1.29, 1.82) is 0 Å². The highest BCUT2D eigenvalue weighted by atomic mass is 31.2. The maximum Gasteiger partial charge on any atom is 0.0225 e. The zero-order valence-electron chi connectivity index (χ0n) is 12.2. The minimum atomic E-state index is -1.15. The summed E-state index contributed by atoms with van der Waals surface area (Å²) in [5.74, 6) is 3.12. The summed E-state index contributed by atoms with van der Waals surface area (Å²) in [6.07, 6.45) is 18.0. The summed E-state index contributed by atoms with van der Waals surface area (Å²) in [4.78, 5) is 0.